The van der Waals surface area contributed by atoms with Crippen molar-refractivity contribution in [3.8, 4) is 0 Å². The van der Waals surface area contributed by atoms with Gasteiger partial charge in [0.15, 0.2) is 5.13 Å². The van der Waals surface area contributed by atoms with Crippen LogP contribution in [0.25, 0.3) is 0 Å². The highest BCUT2D eigenvalue weighted by Gasteiger charge is 2.19. The number of carbonyl (C=O) groups is 1. The molecule has 0 fully saturated rings. The van der Waals surface area contributed by atoms with E-state index in [1.165, 1.54) is 0 Å². The van der Waals surface area contributed by atoms with Crippen LogP contribution in [0.2, 0.25) is 0 Å². The van der Waals surface area contributed by atoms with Gasteiger partial charge in [-0.2, -0.15) is 0 Å². The minimum atomic E-state index is -3.14. The van der Waals surface area contributed by atoms with Crippen molar-refractivity contribution in [2.24, 2.45) is 0 Å². The Bertz CT molecular complexity index is 553. The Morgan fingerprint density at radius 2 is 2.16 bits per heavy atom. The molecule has 0 aliphatic rings. The summed E-state index contributed by atoms with van der Waals surface area (Å²) in [6.07, 6.45) is 1.12. The summed E-state index contributed by atoms with van der Waals surface area (Å²) in [5.41, 5.74) is 5.66. The minimum absolute atomic E-state index is 0.114. The number of carbonyl (C=O) groups excluding carboxylic acids is 1. The number of nitrogens with one attached hydrogen (secondary N) is 2. The molecule has 1 atom stereocenters. The van der Waals surface area contributed by atoms with Crippen LogP contribution in [0.15, 0.2) is 0 Å². The first-order chi connectivity index (χ1) is 8.73. The van der Waals surface area contributed by atoms with Gasteiger partial charge in [0.25, 0.3) is 5.91 Å². The zero-order chi connectivity index (χ0) is 14.6. The van der Waals surface area contributed by atoms with Crippen molar-refractivity contribution >= 4 is 38.0 Å². The van der Waals surface area contributed by atoms with E-state index in [2.05, 4.69) is 15.6 Å². The SMILES string of the molecule is CCNc1nc(N)c(C(=O)NC(C)CS(C)(=O)=O)s1. The number of hydrogen-bond acceptors (Lipinski definition) is 7. The molecule has 0 spiro atoms. The first kappa shape index (κ1) is 15.7. The number of aromatic nitrogens is 1. The van der Waals surface area contributed by atoms with Gasteiger partial charge in [0.2, 0.25) is 0 Å². The lowest BCUT2D eigenvalue weighted by atomic mass is 10.3. The fraction of sp³-hybridized carbons (Fsp3) is 0.600. The molecule has 1 aromatic heterocycles. The zero-order valence-corrected chi connectivity index (χ0v) is 12.7. The van der Waals surface area contributed by atoms with E-state index in [-0.39, 0.29) is 16.4 Å². The molecule has 0 radical (unpaired) electrons. The van der Waals surface area contributed by atoms with Gasteiger partial charge < -0.3 is 16.4 Å². The lowest BCUT2D eigenvalue weighted by Crippen LogP contribution is -2.37. The van der Waals surface area contributed by atoms with E-state index in [4.69, 9.17) is 5.73 Å². The first-order valence-corrected chi connectivity index (χ1v) is 8.59. The molecular formula is C10H18N4O3S2. The maximum absolute atomic E-state index is 11.9. The molecule has 9 heteroatoms. The second-order valence-electron chi connectivity index (χ2n) is 4.23. The summed E-state index contributed by atoms with van der Waals surface area (Å²) in [5, 5.41) is 6.13. The van der Waals surface area contributed by atoms with Crippen LogP contribution in [-0.2, 0) is 9.84 Å². The number of hydrogen-bond donors (Lipinski definition) is 3. The zero-order valence-electron chi connectivity index (χ0n) is 11.1. The third-order valence-electron chi connectivity index (χ3n) is 2.12. The third kappa shape index (κ3) is 5.03. The Labute approximate surface area is 116 Å². The quantitative estimate of drug-likeness (QED) is 0.697. The van der Waals surface area contributed by atoms with Gasteiger partial charge in [0.05, 0.1) is 5.75 Å². The molecule has 1 aromatic rings. The van der Waals surface area contributed by atoms with Crippen LogP contribution in [0.3, 0.4) is 0 Å². The van der Waals surface area contributed by atoms with Crippen LogP contribution in [0.5, 0.6) is 0 Å². The fourth-order valence-corrected chi connectivity index (χ4v) is 3.35. The van der Waals surface area contributed by atoms with Crippen molar-refractivity contribution in [2.45, 2.75) is 19.9 Å². The number of nitrogens with zero attached hydrogens (tertiary/aromatic N) is 1. The highest BCUT2D eigenvalue weighted by molar-refractivity contribution is 7.90. The summed E-state index contributed by atoms with van der Waals surface area (Å²) < 4.78 is 22.2. The predicted molar refractivity (Wildman–Crippen MR) is 77.3 cm³/mol. The fourth-order valence-electron chi connectivity index (χ4n) is 1.51. The number of nitrogens with two attached hydrogens (primary N) is 1. The third-order valence-corrected chi connectivity index (χ3v) is 4.25. The van der Waals surface area contributed by atoms with Gasteiger partial charge in [-0.15, -0.1) is 0 Å². The summed E-state index contributed by atoms with van der Waals surface area (Å²) >= 11 is 1.14. The molecule has 4 N–H and O–H groups in total. The first-order valence-electron chi connectivity index (χ1n) is 5.71. The molecule has 1 heterocycles. The summed E-state index contributed by atoms with van der Waals surface area (Å²) in [4.78, 5) is 16.2. The van der Waals surface area contributed by atoms with Crippen molar-refractivity contribution in [1.82, 2.24) is 10.3 Å². The van der Waals surface area contributed by atoms with Gasteiger partial charge in [-0.1, -0.05) is 11.3 Å². The molecule has 1 rings (SSSR count). The number of rotatable bonds is 6. The van der Waals surface area contributed by atoms with Gasteiger partial charge in [-0.05, 0) is 13.8 Å². The largest absolute Gasteiger partial charge is 0.382 e. The van der Waals surface area contributed by atoms with Crippen molar-refractivity contribution in [3.05, 3.63) is 4.88 Å². The molecule has 1 amide bonds. The summed E-state index contributed by atoms with van der Waals surface area (Å²) in [6, 6.07) is -0.480. The van der Waals surface area contributed by atoms with Crippen molar-refractivity contribution in [3.63, 3.8) is 0 Å². The van der Waals surface area contributed by atoms with Gasteiger partial charge >= 0.3 is 0 Å². The molecule has 108 valence electrons. The monoisotopic (exact) mass is 306 g/mol. The van der Waals surface area contributed by atoms with Gasteiger partial charge in [-0.3, -0.25) is 4.79 Å². The van der Waals surface area contributed by atoms with Crippen molar-refractivity contribution < 1.29 is 13.2 Å². The molecule has 0 saturated carbocycles. The molecule has 0 bridgehead atoms. The van der Waals surface area contributed by atoms with Gasteiger partial charge in [0, 0.05) is 18.8 Å². The predicted octanol–water partition coefficient (Wildman–Crippen LogP) is 0.320. The average Bonchev–Trinajstić information content (AvgIpc) is 2.57. The Hall–Kier alpha value is -1.35. The molecule has 0 saturated heterocycles. The smallest absolute Gasteiger partial charge is 0.265 e. The van der Waals surface area contributed by atoms with Crippen LogP contribution < -0.4 is 16.4 Å². The number of anilines is 2. The molecule has 0 aliphatic heterocycles. The van der Waals surface area contributed by atoms with E-state index >= 15 is 0 Å². The second kappa shape index (κ2) is 6.20. The molecule has 19 heavy (non-hydrogen) atoms. The van der Waals surface area contributed by atoms with E-state index in [1.54, 1.807) is 6.92 Å². The number of thiazole rings is 1. The Morgan fingerprint density at radius 3 is 2.68 bits per heavy atom. The standard InChI is InChI=1S/C10H18N4O3S2/c1-4-12-10-14-8(11)7(18-10)9(15)13-6(2)5-19(3,16)17/h6H,4-5,11H2,1-3H3,(H,12,14)(H,13,15). The second-order valence-corrected chi connectivity index (χ2v) is 7.41. The van der Waals surface area contributed by atoms with Crippen LogP contribution in [-0.4, -0.2) is 43.9 Å². The van der Waals surface area contributed by atoms with Gasteiger partial charge in [0.1, 0.15) is 20.5 Å². The minimum Gasteiger partial charge on any atom is -0.382 e. The maximum Gasteiger partial charge on any atom is 0.265 e. The van der Waals surface area contributed by atoms with E-state index in [1.807, 2.05) is 6.92 Å². The maximum atomic E-state index is 11.9. The summed E-state index contributed by atoms with van der Waals surface area (Å²) in [7, 11) is -3.14. The number of amides is 1. The summed E-state index contributed by atoms with van der Waals surface area (Å²) in [5.74, 6) is -0.377. The molecule has 0 aliphatic carbocycles. The highest BCUT2D eigenvalue weighted by atomic mass is 32.2. The average molecular weight is 306 g/mol. The highest BCUT2D eigenvalue weighted by Crippen LogP contribution is 2.24. The van der Waals surface area contributed by atoms with Crippen LogP contribution in [0.1, 0.15) is 23.5 Å². The Kier molecular flexibility index (Phi) is 5.12. The topological polar surface area (TPSA) is 114 Å². The van der Waals surface area contributed by atoms with Gasteiger partial charge in [-0.25, -0.2) is 13.4 Å². The lowest BCUT2D eigenvalue weighted by Gasteiger charge is -2.11. The van der Waals surface area contributed by atoms with E-state index < -0.39 is 21.8 Å². The number of sulfone groups is 1. The van der Waals surface area contributed by atoms with Crippen LogP contribution in [0.4, 0.5) is 10.9 Å². The molecule has 7 nitrogen and oxygen atoms in total. The number of nitrogen functional groups attached to an aromatic ring is 1. The molecular weight excluding hydrogens is 288 g/mol. The van der Waals surface area contributed by atoms with Crippen LogP contribution in [0, 0.1) is 0 Å². The normalized spacial score (nSPS) is 13.0. The van der Waals surface area contributed by atoms with E-state index in [0.29, 0.717) is 11.7 Å². The Morgan fingerprint density at radius 1 is 1.53 bits per heavy atom. The van der Waals surface area contributed by atoms with Crippen LogP contribution >= 0.6 is 11.3 Å². The molecule has 0 aromatic carbocycles. The van der Waals surface area contributed by atoms with E-state index in [9.17, 15) is 13.2 Å². The molecule has 1 unspecified atom stereocenters. The Balaban J connectivity index is 2.73. The summed E-state index contributed by atoms with van der Waals surface area (Å²) in [6.45, 7) is 4.21. The van der Waals surface area contributed by atoms with Crippen molar-refractivity contribution in [1.29, 1.82) is 0 Å². The van der Waals surface area contributed by atoms with Crippen molar-refractivity contribution in [2.75, 3.05) is 29.6 Å². The van der Waals surface area contributed by atoms with E-state index in [0.717, 1.165) is 17.6 Å². The lowest BCUT2D eigenvalue weighted by molar-refractivity contribution is 0.0948.